The van der Waals surface area contributed by atoms with Crippen LogP contribution in [0.5, 0.6) is 0 Å². The van der Waals surface area contributed by atoms with E-state index in [1.807, 2.05) is 24.4 Å². The first-order chi connectivity index (χ1) is 8.99. The predicted octanol–water partition coefficient (Wildman–Crippen LogP) is 3.93. The van der Waals surface area contributed by atoms with Gasteiger partial charge in [0.2, 0.25) is 0 Å². The van der Waals surface area contributed by atoms with Gasteiger partial charge < -0.3 is 10.6 Å². The number of rotatable bonds is 3. The van der Waals surface area contributed by atoms with Gasteiger partial charge in [0.15, 0.2) is 0 Å². The fraction of sp³-hybridized carbons (Fsp3) is 0.267. The molecule has 0 saturated carbocycles. The van der Waals surface area contributed by atoms with E-state index >= 15 is 0 Å². The molecule has 2 N–H and O–H groups in total. The van der Waals surface area contributed by atoms with E-state index in [1.54, 1.807) is 0 Å². The summed E-state index contributed by atoms with van der Waals surface area (Å²) >= 11 is 3.44. The average molecular weight is 320 g/mol. The second-order valence-electron chi connectivity index (χ2n) is 4.75. The van der Waals surface area contributed by atoms with Crippen molar-refractivity contribution in [3.63, 3.8) is 0 Å². The number of aryl methyl sites for hydroxylation is 1. The lowest BCUT2D eigenvalue weighted by molar-refractivity contribution is 0.726. The third-order valence-electron chi connectivity index (χ3n) is 3.33. The van der Waals surface area contributed by atoms with E-state index in [0.717, 1.165) is 21.5 Å². The minimum Gasteiger partial charge on any atom is -0.399 e. The molecule has 1 atom stereocenters. The minimum absolute atomic E-state index is 0.218. The fourth-order valence-corrected chi connectivity index (χ4v) is 2.57. The van der Waals surface area contributed by atoms with Crippen LogP contribution in [0.1, 0.15) is 24.1 Å². The molecule has 1 heterocycles. The van der Waals surface area contributed by atoms with Crippen LogP contribution < -0.4 is 10.6 Å². The summed E-state index contributed by atoms with van der Waals surface area (Å²) < 4.78 is 0.999. The Bertz CT molecular complexity index is 583. The van der Waals surface area contributed by atoms with Gasteiger partial charge in [-0.25, -0.2) is 4.98 Å². The Labute approximate surface area is 122 Å². The topological polar surface area (TPSA) is 42.2 Å². The van der Waals surface area contributed by atoms with Crippen LogP contribution in [0.4, 0.5) is 11.5 Å². The summed E-state index contributed by atoms with van der Waals surface area (Å²) in [6.07, 6.45) is 1.82. The van der Waals surface area contributed by atoms with Crippen molar-refractivity contribution in [3.8, 4) is 0 Å². The molecule has 19 heavy (non-hydrogen) atoms. The Hall–Kier alpha value is -1.55. The molecule has 4 heteroatoms. The Balaban J connectivity index is 2.30. The normalized spacial score (nSPS) is 12.2. The molecule has 0 radical (unpaired) electrons. The molecule has 0 saturated heterocycles. The molecule has 1 aromatic heterocycles. The Morgan fingerprint density at radius 2 is 2.05 bits per heavy atom. The summed E-state index contributed by atoms with van der Waals surface area (Å²) in [4.78, 5) is 6.66. The Kier molecular flexibility index (Phi) is 4.10. The molecule has 0 aliphatic rings. The van der Waals surface area contributed by atoms with Gasteiger partial charge in [0.05, 0.1) is 6.04 Å². The number of nitrogens with two attached hydrogens (primary N) is 1. The Morgan fingerprint density at radius 1 is 1.32 bits per heavy atom. The number of halogens is 1. The molecule has 2 aromatic rings. The highest BCUT2D eigenvalue weighted by atomic mass is 79.9. The summed E-state index contributed by atoms with van der Waals surface area (Å²) in [5.74, 6) is 0.984. The molecule has 0 aliphatic heterocycles. The number of aromatic nitrogens is 1. The van der Waals surface area contributed by atoms with Gasteiger partial charge in [-0.3, -0.25) is 0 Å². The standard InChI is InChI=1S/C15H18BrN3/c1-10-7-13(16)9-18-15(10)19(3)11(2)12-5-4-6-14(17)8-12/h4-9,11H,17H2,1-3H3. The van der Waals surface area contributed by atoms with Crippen molar-refractivity contribution in [1.82, 2.24) is 4.98 Å². The van der Waals surface area contributed by atoms with Crippen molar-refractivity contribution in [2.24, 2.45) is 0 Å². The summed E-state index contributed by atoms with van der Waals surface area (Å²) in [6.45, 7) is 4.22. The zero-order valence-corrected chi connectivity index (χ0v) is 13.0. The van der Waals surface area contributed by atoms with Crippen molar-refractivity contribution in [2.45, 2.75) is 19.9 Å². The van der Waals surface area contributed by atoms with Crippen LogP contribution in [0.3, 0.4) is 0 Å². The molecule has 100 valence electrons. The first kappa shape index (κ1) is 13.9. The van der Waals surface area contributed by atoms with Crippen molar-refractivity contribution in [3.05, 3.63) is 52.1 Å². The quantitative estimate of drug-likeness (QED) is 0.871. The van der Waals surface area contributed by atoms with Crippen LogP contribution in [0.15, 0.2) is 41.0 Å². The number of nitrogens with zero attached hydrogens (tertiary/aromatic N) is 2. The molecule has 3 nitrogen and oxygen atoms in total. The van der Waals surface area contributed by atoms with Crippen LogP contribution in [0.2, 0.25) is 0 Å². The highest BCUT2D eigenvalue weighted by Gasteiger charge is 2.15. The molecule has 0 amide bonds. The van der Waals surface area contributed by atoms with Gasteiger partial charge in [0.25, 0.3) is 0 Å². The van der Waals surface area contributed by atoms with Crippen molar-refractivity contribution < 1.29 is 0 Å². The van der Waals surface area contributed by atoms with E-state index in [0.29, 0.717) is 0 Å². The number of nitrogen functional groups attached to an aromatic ring is 1. The first-order valence-corrected chi connectivity index (χ1v) is 6.98. The molecule has 0 aliphatic carbocycles. The van der Waals surface area contributed by atoms with Gasteiger partial charge in [-0.05, 0) is 59.1 Å². The van der Waals surface area contributed by atoms with Crippen LogP contribution in [0, 0.1) is 6.92 Å². The summed E-state index contributed by atoms with van der Waals surface area (Å²) in [7, 11) is 2.05. The summed E-state index contributed by atoms with van der Waals surface area (Å²) in [5, 5.41) is 0. The number of hydrogen-bond acceptors (Lipinski definition) is 3. The van der Waals surface area contributed by atoms with E-state index in [4.69, 9.17) is 5.73 Å². The largest absolute Gasteiger partial charge is 0.399 e. The highest BCUT2D eigenvalue weighted by molar-refractivity contribution is 9.10. The minimum atomic E-state index is 0.218. The van der Waals surface area contributed by atoms with E-state index in [1.165, 1.54) is 5.56 Å². The monoisotopic (exact) mass is 319 g/mol. The zero-order valence-electron chi connectivity index (χ0n) is 11.4. The fourth-order valence-electron chi connectivity index (χ4n) is 2.13. The predicted molar refractivity (Wildman–Crippen MR) is 84.3 cm³/mol. The van der Waals surface area contributed by atoms with Crippen LogP contribution >= 0.6 is 15.9 Å². The second-order valence-corrected chi connectivity index (χ2v) is 5.67. The van der Waals surface area contributed by atoms with Crippen LogP contribution in [-0.4, -0.2) is 12.0 Å². The number of hydrogen-bond donors (Lipinski definition) is 1. The van der Waals surface area contributed by atoms with Crippen molar-refractivity contribution >= 4 is 27.4 Å². The van der Waals surface area contributed by atoms with E-state index < -0.39 is 0 Å². The van der Waals surface area contributed by atoms with E-state index in [-0.39, 0.29) is 6.04 Å². The Morgan fingerprint density at radius 3 is 2.68 bits per heavy atom. The van der Waals surface area contributed by atoms with Gasteiger partial charge in [0.1, 0.15) is 5.82 Å². The van der Waals surface area contributed by atoms with Crippen molar-refractivity contribution in [1.29, 1.82) is 0 Å². The van der Waals surface area contributed by atoms with Gasteiger partial charge in [-0.2, -0.15) is 0 Å². The van der Waals surface area contributed by atoms with Crippen LogP contribution in [-0.2, 0) is 0 Å². The van der Waals surface area contributed by atoms with E-state index in [2.05, 4.69) is 58.8 Å². The van der Waals surface area contributed by atoms with E-state index in [9.17, 15) is 0 Å². The number of benzene rings is 1. The second kappa shape index (κ2) is 5.61. The highest BCUT2D eigenvalue weighted by Crippen LogP contribution is 2.28. The zero-order chi connectivity index (χ0) is 14.0. The van der Waals surface area contributed by atoms with Gasteiger partial charge in [-0.15, -0.1) is 0 Å². The maximum Gasteiger partial charge on any atom is 0.131 e. The summed E-state index contributed by atoms with van der Waals surface area (Å²) in [5.41, 5.74) is 8.97. The maximum absolute atomic E-state index is 5.84. The lowest BCUT2D eigenvalue weighted by atomic mass is 10.1. The molecular weight excluding hydrogens is 302 g/mol. The average Bonchev–Trinajstić information content (AvgIpc) is 2.37. The number of pyridine rings is 1. The van der Waals surface area contributed by atoms with Crippen molar-refractivity contribution in [2.75, 3.05) is 17.7 Å². The molecule has 0 spiro atoms. The molecule has 1 aromatic carbocycles. The number of anilines is 2. The van der Waals surface area contributed by atoms with Gasteiger partial charge in [0, 0.05) is 23.4 Å². The molecule has 2 rings (SSSR count). The lowest BCUT2D eigenvalue weighted by Gasteiger charge is -2.28. The lowest BCUT2D eigenvalue weighted by Crippen LogP contribution is -2.23. The van der Waals surface area contributed by atoms with Crippen LogP contribution in [0.25, 0.3) is 0 Å². The molecule has 0 fully saturated rings. The van der Waals surface area contributed by atoms with Gasteiger partial charge in [-0.1, -0.05) is 12.1 Å². The first-order valence-electron chi connectivity index (χ1n) is 6.19. The SMILES string of the molecule is Cc1cc(Br)cnc1N(C)C(C)c1cccc(N)c1. The third kappa shape index (κ3) is 3.07. The maximum atomic E-state index is 5.84. The third-order valence-corrected chi connectivity index (χ3v) is 3.76. The van der Waals surface area contributed by atoms with Gasteiger partial charge >= 0.3 is 0 Å². The smallest absolute Gasteiger partial charge is 0.131 e. The molecule has 0 bridgehead atoms. The molecule has 1 unspecified atom stereocenters. The molecular formula is C15H18BrN3. The summed E-state index contributed by atoms with van der Waals surface area (Å²) in [6, 6.07) is 10.3.